The SMILES string of the molecule is CC(=O)c1cnc(N[C@@H]2CCCC[C@@H]2N)nc1Nc1cccc(-n2cccn2)c1. The fourth-order valence-electron chi connectivity index (χ4n) is 3.59. The number of nitrogens with zero attached hydrogens (tertiary/aromatic N) is 4. The van der Waals surface area contributed by atoms with Crippen LogP contribution in [-0.4, -0.2) is 37.6 Å². The highest BCUT2D eigenvalue weighted by atomic mass is 16.1. The van der Waals surface area contributed by atoms with E-state index in [-0.39, 0.29) is 17.9 Å². The summed E-state index contributed by atoms with van der Waals surface area (Å²) in [7, 11) is 0. The van der Waals surface area contributed by atoms with Crippen LogP contribution >= 0.6 is 0 Å². The Morgan fingerprint density at radius 2 is 2.10 bits per heavy atom. The van der Waals surface area contributed by atoms with Gasteiger partial charge in [-0.05, 0) is 44.0 Å². The van der Waals surface area contributed by atoms with Crippen LogP contribution in [0.2, 0.25) is 0 Å². The fourth-order valence-corrected chi connectivity index (χ4v) is 3.59. The van der Waals surface area contributed by atoms with Crippen LogP contribution in [0.1, 0.15) is 43.0 Å². The maximum atomic E-state index is 12.1. The van der Waals surface area contributed by atoms with Crippen LogP contribution in [0.5, 0.6) is 0 Å². The third kappa shape index (κ3) is 4.43. The molecule has 1 saturated carbocycles. The van der Waals surface area contributed by atoms with E-state index in [1.165, 1.54) is 6.92 Å². The second-order valence-corrected chi connectivity index (χ2v) is 7.34. The van der Waals surface area contributed by atoms with Crippen LogP contribution in [0.15, 0.2) is 48.9 Å². The van der Waals surface area contributed by atoms with Gasteiger partial charge in [0.1, 0.15) is 5.82 Å². The van der Waals surface area contributed by atoms with Crippen molar-refractivity contribution in [1.82, 2.24) is 19.7 Å². The Labute approximate surface area is 169 Å². The smallest absolute Gasteiger partial charge is 0.224 e. The number of nitrogens with one attached hydrogen (secondary N) is 2. The highest BCUT2D eigenvalue weighted by Gasteiger charge is 2.23. The summed E-state index contributed by atoms with van der Waals surface area (Å²) >= 11 is 0. The predicted octanol–water partition coefficient (Wildman–Crippen LogP) is 3.29. The summed E-state index contributed by atoms with van der Waals surface area (Å²) in [5.41, 5.74) is 8.38. The van der Waals surface area contributed by atoms with E-state index in [1.807, 2.05) is 36.5 Å². The molecule has 2 atom stereocenters. The number of hydrogen-bond donors (Lipinski definition) is 3. The van der Waals surface area contributed by atoms with Crippen molar-refractivity contribution in [2.75, 3.05) is 10.6 Å². The zero-order chi connectivity index (χ0) is 20.2. The molecule has 1 aromatic carbocycles. The van der Waals surface area contributed by atoms with Gasteiger partial charge in [0.2, 0.25) is 5.95 Å². The molecule has 2 aromatic heterocycles. The van der Waals surface area contributed by atoms with Gasteiger partial charge in [0, 0.05) is 36.4 Å². The summed E-state index contributed by atoms with van der Waals surface area (Å²) in [6.45, 7) is 1.51. The van der Waals surface area contributed by atoms with Crippen molar-refractivity contribution >= 4 is 23.2 Å². The molecule has 4 rings (SSSR count). The second kappa shape index (κ2) is 8.40. The highest BCUT2D eigenvalue weighted by molar-refractivity contribution is 5.99. The molecule has 0 spiro atoms. The van der Waals surface area contributed by atoms with Gasteiger partial charge in [0.15, 0.2) is 5.78 Å². The minimum atomic E-state index is -0.100. The number of benzene rings is 1. The lowest BCUT2D eigenvalue weighted by molar-refractivity contribution is 0.101. The minimum Gasteiger partial charge on any atom is -0.350 e. The molecule has 0 amide bonds. The average Bonchev–Trinajstić information content (AvgIpc) is 3.25. The van der Waals surface area contributed by atoms with Gasteiger partial charge >= 0.3 is 0 Å². The summed E-state index contributed by atoms with van der Waals surface area (Å²) in [5, 5.41) is 10.9. The van der Waals surface area contributed by atoms with Crippen molar-refractivity contribution < 1.29 is 4.79 Å². The highest BCUT2D eigenvalue weighted by Crippen LogP contribution is 2.24. The molecule has 3 aromatic rings. The largest absolute Gasteiger partial charge is 0.350 e. The molecule has 0 bridgehead atoms. The molecule has 1 aliphatic rings. The summed E-state index contributed by atoms with van der Waals surface area (Å²) in [6, 6.07) is 9.85. The van der Waals surface area contributed by atoms with Crippen molar-refractivity contribution in [1.29, 1.82) is 0 Å². The molecule has 8 nitrogen and oxygen atoms in total. The Hall–Kier alpha value is -3.26. The van der Waals surface area contributed by atoms with E-state index < -0.39 is 0 Å². The van der Waals surface area contributed by atoms with Crippen LogP contribution < -0.4 is 16.4 Å². The van der Waals surface area contributed by atoms with Gasteiger partial charge in [-0.15, -0.1) is 0 Å². The van der Waals surface area contributed by atoms with Crippen molar-refractivity contribution in [2.45, 2.75) is 44.7 Å². The van der Waals surface area contributed by atoms with Crippen molar-refractivity contribution in [3.8, 4) is 5.69 Å². The van der Waals surface area contributed by atoms with Crippen LogP contribution in [0, 0.1) is 0 Å². The predicted molar refractivity (Wildman–Crippen MR) is 113 cm³/mol. The first-order valence-electron chi connectivity index (χ1n) is 9.87. The second-order valence-electron chi connectivity index (χ2n) is 7.34. The first-order chi connectivity index (χ1) is 14.1. The van der Waals surface area contributed by atoms with Crippen LogP contribution in [0.4, 0.5) is 17.5 Å². The molecule has 0 saturated heterocycles. The van der Waals surface area contributed by atoms with E-state index in [4.69, 9.17) is 5.73 Å². The van der Waals surface area contributed by atoms with Gasteiger partial charge in [0.25, 0.3) is 0 Å². The van der Waals surface area contributed by atoms with Gasteiger partial charge in [-0.3, -0.25) is 4.79 Å². The van der Waals surface area contributed by atoms with Gasteiger partial charge < -0.3 is 16.4 Å². The molecule has 4 N–H and O–H groups in total. The molecular weight excluding hydrogens is 366 g/mol. The maximum Gasteiger partial charge on any atom is 0.224 e. The Morgan fingerprint density at radius 1 is 1.24 bits per heavy atom. The lowest BCUT2D eigenvalue weighted by atomic mass is 9.91. The van der Waals surface area contributed by atoms with Crippen LogP contribution in [0.3, 0.4) is 0 Å². The van der Waals surface area contributed by atoms with Gasteiger partial charge in [-0.1, -0.05) is 18.9 Å². The molecule has 0 unspecified atom stereocenters. The zero-order valence-corrected chi connectivity index (χ0v) is 16.4. The quantitative estimate of drug-likeness (QED) is 0.553. The number of carbonyl (C=O) groups excluding carboxylic acids is 1. The number of aromatic nitrogens is 4. The van der Waals surface area contributed by atoms with Gasteiger partial charge in [-0.2, -0.15) is 10.1 Å². The zero-order valence-electron chi connectivity index (χ0n) is 16.4. The number of nitrogens with two attached hydrogens (primary N) is 1. The van der Waals surface area contributed by atoms with Crippen molar-refractivity contribution in [3.63, 3.8) is 0 Å². The Morgan fingerprint density at radius 3 is 2.86 bits per heavy atom. The third-order valence-electron chi connectivity index (χ3n) is 5.18. The van der Waals surface area contributed by atoms with E-state index >= 15 is 0 Å². The molecule has 0 aliphatic heterocycles. The van der Waals surface area contributed by atoms with Gasteiger partial charge in [0.05, 0.1) is 11.3 Å². The number of Topliss-reactive ketones (excluding diaryl/α,β-unsaturated/α-hetero) is 1. The normalized spacial score (nSPS) is 19.0. The van der Waals surface area contributed by atoms with Crippen molar-refractivity contribution in [3.05, 3.63) is 54.5 Å². The van der Waals surface area contributed by atoms with Crippen molar-refractivity contribution in [2.24, 2.45) is 5.73 Å². The molecule has 1 fully saturated rings. The molecule has 29 heavy (non-hydrogen) atoms. The average molecular weight is 391 g/mol. The number of rotatable bonds is 6. The molecule has 0 radical (unpaired) electrons. The topological polar surface area (TPSA) is 111 Å². The molecular formula is C21H25N7O. The molecule has 1 aliphatic carbocycles. The van der Waals surface area contributed by atoms with Crippen LogP contribution in [-0.2, 0) is 0 Å². The number of hydrogen-bond acceptors (Lipinski definition) is 7. The minimum absolute atomic E-state index is 0.0852. The van der Waals surface area contributed by atoms with Crippen LogP contribution in [0.25, 0.3) is 5.69 Å². The Balaban J connectivity index is 1.60. The number of anilines is 3. The number of carbonyl (C=O) groups is 1. The first-order valence-corrected chi connectivity index (χ1v) is 9.87. The van der Waals surface area contributed by atoms with E-state index in [0.29, 0.717) is 17.3 Å². The lowest BCUT2D eigenvalue weighted by Gasteiger charge is -2.29. The standard InChI is InChI=1S/C21H25N7O/c1-14(29)17-13-23-21(26-19-9-3-2-8-18(19)22)27-20(17)25-15-6-4-7-16(12-15)28-11-5-10-24-28/h4-7,10-13,18-19H,2-3,8-9,22H2,1H3,(H2,23,25,26,27)/t18-,19+/m0/s1. The summed E-state index contributed by atoms with van der Waals surface area (Å²) < 4.78 is 1.77. The maximum absolute atomic E-state index is 12.1. The van der Waals surface area contributed by atoms with E-state index in [1.54, 1.807) is 17.1 Å². The Kier molecular flexibility index (Phi) is 5.53. The third-order valence-corrected chi connectivity index (χ3v) is 5.18. The molecule has 150 valence electrons. The molecule has 8 heteroatoms. The Bertz CT molecular complexity index is 986. The van der Waals surface area contributed by atoms with E-state index in [0.717, 1.165) is 37.1 Å². The summed E-state index contributed by atoms with van der Waals surface area (Å²) in [6.07, 6.45) is 9.45. The summed E-state index contributed by atoms with van der Waals surface area (Å²) in [4.78, 5) is 21.0. The fraction of sp³-hybridized carbons (Fsp3) is 0.333. The first kappa shape index (κ1) is 19.1. The lowest BCUT2D eigenvalue weighted by Crippen LogP contribution is -2.43. The molecule has 2 heterocycles. The summed E-state index contributed by atoms with van der Waals surface area (Å²) in [5.74, 6) is 0.844. The van der Waals surface area contributed by atoms with E-state index in [2.05, 4.69) is 25.7 Å². The van der Waals surface area contributed by atoms with E-state index in [9.17, 15) is 4.79 Å². The van der Waals surface area contributed by atoms with Gasteiger partial charge in [-0.25, -0.2) is 9.67 Å². The number of ketones is 1. The monoisotopic (exact) mass is 391 g/mol.